The van der Waals surface area contributed by atoms with Crippen LogP contribution in [0.3, 0.4) is 0 Å². The van der Waals surface area contributed by atoms with Crippen molar-refractivity contribution in [2.45, 2.75) is 20.4 Å². The van der Waals surface area contributed by atoms with Crippen LogP contribution in [-0.2, 0) is 6.54 Å². The fraction of sp³-hybridized carbons (Fsp3) is 0.222. The summed E-state index contributed by atoms with van der Waals surface area (Å²) in [6, 6.07) is 9.46. The molecular formula is C18H17FN2O2S. The predicted molar refractivity (Wildman–Crippen MR) is 93.1 cm³/mol. The van der Waals surface area contributed by atoms with E-state index in [1.54, 1.807) is 13.2 Å². The first kappa shape index (κ1) is 16.4. The fourth-order valence-electron chi connectivity index (χ4n) is 2.59. The van der Waals surface area contributed by atoms with E-state index in [1.807, 2.05) is 30.5 Å². The lowest BCUT2D eigenvalue weighted by molar-refractivity contribution is 0.0997. The zero-order valence-electron chi connectivity index (χ0n) is 13.7. The van der Waals surface area contributed by atoms with Gasteiger partial charge >= 0.3 is 0 Å². The molecule has 0 radical (unpaired) electrons. The van der Waals surface area contributed by atoms with Crippen molar-refractivity contribution in [2.24, 2.45) is 4.99 Å². The number of hydrogen-bond donors (Lipinski definition) is 0. The number of hydrogen-bond acceptors (Lipinski definition) is 3. The van der Waals surface area contributed by atoms with Gasteiger partial charge in [0.1, 0.15) is 17.1 Å². The van der Waals surface area contributed by atoms with E-state index in [0.717, 1.165) is 21.5 Å². The van der Waals surface area contributed by atoms with Crippen LogP contribution < -0.4 is 9.54 Å². The highest BCUT2D eigenvalue weighted by Crippen LogP contribution is 2.30. The number of nitrogens with zero attached hydrogens (tertiary/aromatic N) is 2. The molecule has 0 spiro atoms. The summed E-state index contributed by atoms with van der Waals surface area (Å²) in [6.45, 7) is 4.64. The van der Waals surface area contributed by atoms with Gasteiger partial charge in [0, 0.05) is 12.1 Å². The Morgan fingerprint density at radius 2 is 2.12 bits per heavy atom. The van der Waals surface area contributed by atoms with Gasteiger partial charge in [0.2, 0.25) is 0 Å². The van der Waals surface area contributed by atoms with Crippen LogP contribution >= 0.6 is 11.3 Å². The molecule has 24 heavy (non-hydrogen) atoms. The molecule has 0 N–H and O–H groups in total. The van der Waals surface area contributed by atoms with E-state index >= 15 is 0 Å². The number of thiazole rings is 1. The van der Waals surface area contributed by atoms with E-state index in [9.17, 15) is 9.18 Å². The minimum atomic E-state index is -0.458. The molecule has 3 aromatic rings. The summed E-state index contributed by atoms with van der Waals surface area (Å²) >= 11 is 1.43. The number of fused-ring (bicyclic) bond motifs is 1. The molecule has 0 aliphatic heterocycles. The van der Waals surface area contributed by atoms with Crippen molar-refractivity contribution < 1.29 is 13.9 Å². The molecule has 124 valence electrons. The van der Waals surface area contributed by atoms with Gasteiger partial charge in [-0.3, -0.25) is 4.79 Å². The molecule has 4 nitrogen and oxygen atoms in total. The summed E-state index contributed by atoms with van der Waals surface area (Å²) < 4.78 is 21.7. The second kappa shape index (κ2) is 6.57. The van der Waals surface area contributed by atoms with E-state index in [0.29, 0.717) is 11.3 Å². The Hall–Kier alpha value is -2.47. The van der Waals surface area contributed by atoms with Crippen LogP contribution in [0.4, 0.5) is 4.39 Å². The zero-order chi connectivity index (χ0) is 17.3. The van der Waals surface area contributed by atoms with Crippen LogP contribution in [0, 0.1) is 12.7 Å². The molecule has 0 atom stereocenters. The average molecular weight is 344 g/mol. The molecule has 0 aliphatic carbocycles. The van der Waals surface area contributed by atoms with Gasteiger partial charge in [-0.2, -0.15) is 4.99 Å². The maximum absolute atomic E-state index is 13.3. The fourth-order valence-corrected chi connectivity index (χ4v) is 3.77. The van der Waals surface area contributed by atoms with Gasteiger partial charge < -0.3 is 9.30 Å². The van der Waals surface area contributed by atoms with E-state index < -0.39 is 11.7 Å². The summed E-state index contributed by atoms with van der Waals surface area (Å²) in [5, 5.41) is 0. The Morgan fingerprint density at radius 1 is 1.33 bits per heavy atom. The molecule has 1 heterocycles. The molecule has 2 aromatic carbocycles. The van der Waals surface area contributed by atoms with E-state index in [1.165, 1.54) is 29.5 Å². The topological polar surface area (TPSA) is 43.6 Å². The van der Waals surface area contributed by atoms with Gasteiger partial charge in [0.25, 0.3) is 5.91 Å². The quantitative estimate of drug-likeness (QED) is 0.723. The van der Waals surface area contributed by atoms with Crippen molar-refractivity contribution in [1.29, 1.82) is 0 Å². The number of amides is 1. The van der Waals surface area contributed by atoms with Crippen molar-refractivity contribution in [3.05, 3.63) is 58.1 Å². The summed E-state index contributed by atoms with van der Waals surface area (Å²) in [5.41, 5.74) is 2.26. The van der Waals surface area contributed by atoms with Crippen LogP contribution in [0.15, 0.2) is 41.4 Å². The third kappa shape index (κ3) is 2.85. The second-order valence-corrected chi connectivity index (χ2v) is 6.30. The van der Waals surface area contributed by atoms with Crippen molar-refractivity contribution in [3.63, 3.8) is 0 Å². The molecule has 0 aliphatic rings. The SMILES string of the molecule is CCn1c(=NC(=O)c2cccc(F)c2)sc2c(C)ccc(OC)c21. The Kier molecular flexibility index (Phi) is 4.49. The number of ether oxygens (including phenoxy) is 1. The predicted octanol–water partition coefficient (Wildman–Crippen LogP) is 3.92. The summed E-state index contributed by atoms with van der Waals surface area (Å²) in [7, 11) is 1.62. The van der Waals surface area contributed by atoms with Gasteiger partial charge in [-0.25, -0.2) is 4.39 Å². The normalized spacial score (nSPS) is 11.9. The molecule has 6 heteroatoms. The minimum Gasteiger partial charge on any atom is -0.495 e. The maximum atomic E-state index is 13.3. The number of aryl methyl sites for hydroxylation is 2. The van der Waals surface area contributed by atoms with Crippen molar-refractivity contribution in [3.8, 4) is 5.75 Å². The van der Waals surface area contributed by atoms with Crippen LogP contribution in [0.25, 0.3) is 10.2 Å². The molecule has 0 saturated carbocycles. The second-order valence-electron chi connectivity index (χ2n) is 5.32. The Morgan fingerprint density at radius 3 is 2.79 bits per heavy atom. The lowest BCUT2D eigenvalue weighted by atomic mass is 10.2. The van der Waals surface area contributed by atoms with Gasteiger partial charge in [-0.15, -0.1) is 0 Å². The van der Waals surface area contributed by atoms with Crippen LogP contribution in [-0.4, -0.2) is 17.6 Å². The smallest absolute Gasteiger partial charge is 0.279 e. The number of carbonyl (C=O) groups is 1. The average Bonchev–Trinajstić information content (AvgIpc) is 2.94. The lowest BCUT2D eigenvalue weighted by Gasteiger charge is -2.07. The summed E-state index contributed by atoms with van der Waals surface area (Å²) in [4.78, 5) is 17.2. The first-order valence-corrected chi connectivity index (χ1v) is 8.38. The van der Waals surface area contributed by atoms with Crippen molar-refractivity contribution in [1.82, 2.24) is 4.57 Å². The van der Waals surface area contributed by atoms with Gasteiger partial charge in [0.05, 0.1) is 11.8 Å². The van der Waals surface area contributed by atoms with Crippen molar-refractivity contribution >= 4 is 27.5 Å². The first-order valence-electron chi connectivity index (χ1n) is 7.56. The number of benzene rings is 2. The van der Waals surface area contributed by atoms with E-state index in [2.05, 4.69) is 4.99 Å². The van der Waals surface area contributed by atoms with Crippen molar-refractivity contribution in [2.75, 3.05) is 7.11 Å². The standard InChI is InChI=1S/C18H17FN2O2S/c1-4-21-15-14(23-3)9-8-11(2)16(15)24-18(21)20-17(22)12-6-5-7-13(19)10-12/h5-10H,4H2,1-3H3. The molecule has 1 aromatic heterocycles. The molecular weight excluding hydrogens is 327 g/mol. The van der Waals surface area contributed by atoms with Gasteiger partial charge in [0.15, 0.2) is 4.80 Å². The van der Waals surface area contributed by atoms with Crippen LogP contribution in [0.5, 0.6) is 5.75 Å². The number of rotatable bonds is 3. The molecule has 0 fully saturated rings. The minimum absolute atomic E-state index is 0.235. The number of methoxy groups -OCH3 is 1. The highest BCUT2D eigenvalue weighted by molar-refractivity contribution is 7.16. The number of halogens is 1. The summed E-state index contributed by atoms with van der Waals surface area (Å²) in [6.07, 6.45) is 0. The molecule has 3 rings (SSSR count). The monoisotopic (exact) mass is 344 g/mol. The Bertz CT molecular complexity index is 988. The molecule has 0 unspecified atom stereocenters. The summed E-state index contributed by atoms with van der Waals surface area (Å²) in [5.74, 6) is -0.165. The van der Waals surface area contributed by atoms with Crippen LogP contribution in [0.2, 0.25) is 0 Å². The number of carbonyl (C=O) groups excluding carboxylic acids is 1. The third-order valence-electron chi connectivity index (χ3n) is 3.79. The Labute approximate surface area is 142 Å². The highest BCUT2D eigenvalue weighted by atomic mass is 32.1. The Balaban J connectivity index is 2.22. The molecule has 1 amide bonds. The molecule has 0 saturated heterocycles. The zero-order valence-corrected chi connectivity index (χ0v) is 14.5. The van der Waals surface area contributed by atoms with Gasteiger partial charge in [-0.05, 0) is 43.7 Å². The number of aromatic nitrogens is 1. The van der Waals surface area contributed by atoms with Crippen LogP contribution in [0.1, 0.15) is 22.8 Å². The molecule has 0 bridgehead atoms. The first-order chi connectivity index (χ1) is 11.5. The van der Waals surface area contributed by atoms with E-state index in [4.69, 9.17) is 4.74 Å². The third-order valence-corrected chi connectivity index (χ3v) is 5.00. The largest absolute Gasteiger partial charge is 0.495 e. The lowest BCUT2D eigenvalue weighted by Crippen LogP contribution is -2.16. The maximum Gasteiger partial charge on any atom is 0.279 e. The van der Waals surface area contributed by atoms with E-state index in [-0.39, 0.29) is 5.56 Å². The highest BCUT2D eigenvalue weighted by Gasteiger charge is 2.14. The van der Waals surface area contributed by atoms with Gasteiger partial charge in [-0.1, -0.05) is 23.5 Å².